The summed E-state index contributed by atoms with van der Waals surface area (Å²) in [5.74, 6) is 4.45. The van der Waals surface area contributed by atoms with E-state index in [1.807, 2.05) is 0 Å². The number of piperidine rings is 1. The van der Waals surface area contributed by atoms with Crippen LogP contribution in [0.15, 0.2) is 24.0 Å². The zero-order valence-electron chi connectivity index (χ0n) is 15.7. The number of allylic oxidation sites excluding steroid dienone is 1. The van der Waals surface area contributed by atoms with Crippen LogP contribution in [-0.2, 0) is 16.6 Å². The summed E-state index contributed by atoms with van der Waals surface area (Å²) in [6, 6.07) is 5.02. The first-order valence-electron chi connectivity index (χ1n) is 10.1. The summed E-state index contributed by atoms with van der Waals surface area (Å²) in [5, 5.41) is 0. The van der Waals surface area contributed by atoms with Crippen LogP contribution in [0.3, 0.4) is 0 Å². The number of rotatable bonds is 4. The summed E-state index contributed by atoms with van der Waals surface area (Å²) in [6.45, 7) is 2.48. The maximum atomic E-state index is 6.60. The number of likely N-dealkylation sites (tertiary alicyclic amines) is 1. The second kappa shape index (κ2) is 5.19. The van der Waals surface area contributed by atoms with Crippen molar-refractivity contribution >= 4 is 0 Å². The van der Waals surface area contributed by atoms with Gasteiger partial charge in [-0.05, 0) is 68.2 Å². The Bertz CT molecular complexity index is 799. The van der Waals surface area contributed by atoms with E-state index in [0.29, 0.717) is 12.0 Å². The van der Waals surface area contributed by atoms with Crippen LogP contribution in [-0.4, -0.2) is 44.4 Å². The standard InChI is InChI=1S/C22H27NO3/c1-24-17-7-5-14-11-16-15-6-8-18(25-2)21-22(15,19(14)20(17)26-21)9-10-23(16)12-13-3-4-13/h5,7-8,13,15-16,21H,3-4,6,9-12H2,1-2H3/t15?,16-,21+,22?/m1/s1. The molecule has 1 saturated carbocycles. The first kappa shape index (κ1) is 15.4. The lowest BCUT2D eigenvalue weighted by atomic mass is 9.53. The highest BCUT2D eigenvalue weighted by Crippen LogP contribution is 2.64. The van der Waals surface area contributed by atoms with Gasteiger partial charge in [-0.1, -0.05) is 6.07 Å². The summed E-state index contributed by atoms with van der Waals surface area (Å²) in [4.78, 5) is 2.81. The summed E-state index contributed by atoms with van der Waals surface area (Å²) in [7, 11) is 3.53. The van der Waals surface area contributed by atoms with Crippen molar-refractivity contribution in [1.82, 2.24) is 4.90 Å². The number of methoxy groups -OCH3 is 2. The van der Waals surface area contributed by atoms with E-state index in [9.17, 15) is 0 Å². The minimum atomic E-state index is 0.0159. The molecule has 1 aromatic rings. The van der Waals surface area contributed by atoms with Crippen molar-refractivity contribution in [3.8, 4) is 11.5 Å². The lowest BCUT2D eigenvalue weighted by molar-refractivity contribution is -0.0376. The van der Waals surface area contributed by atoms with Crippen LogP contribution in [0.4, 0.5) is 0 Å². The predicted octanol–water partition coefficient (Wildman–Crippen LogP) is 3.28. The molecule has 138 valence electrons. The fourth-order valence-corrected chi connectivity index (χ4v) is 6.41. The molecule has 5 aliphatic rings. The SMILES string of the molecule is COC1=CCC2[C@H]3Cc4ccc(OC)c5c4C2(CCN3CC2CC2)[C@H]1O5. The number of ether oxygens (including phenoxy) is 3. The van der Waals surface area contributed by atoms with E-state index in [1.54, 1.807) is 14.2 Å². The van der Waals surface area contributed by atoms with Gasteiger partial charge < -0.3 is 14.2 Å². The van der Waals surface area contributed by atoms with Gasteiger partial charge >= 0.3 is 0 Å². The minimum Gasteiger partial charge on any atom is -0.497 e. The quantitative estimate of drug-likeness (QED) is 0.831. The Labute approximate surface area is 155 Å². The lowest BCUT2D eigenvalue weighted by Crippen LogP contribution is -2.64. The summed E-state index contributed by atoms with van der Waals surface area (Å²) in [6.07, 6.45) is 8.58. The van der Waals surface area contributed by atoms with Gasteiger partial charge in [0.2, 0.25) is 0 Å². The lowest BCUT2D eigenvalue weighted by Gasteiger charge is -2.57. The maximum Gasteiger partial charge on any atom is 0.166 e. The van der Waals surface area contributed by atoms with Crippen molar-refractivity contribution in [2.45, 2.75) is 49.7 Å². The van der Waals surface area contributed by atoms with Crippen molar-refractivity contribution in [1.29, 1.82) is 0 Å². The average Bonchev–Trinajstić information content (AvgIpc) is 3.41. The Morgan fingerprint density at radius 1 is 1.23 bits per heavy atom. The molecule has 2 aliphatic heterocycles. The van der Waals surface area contributed by atoms with Crippen LogP contribution in [0.25, 0.3) is 0 Å². The molecule has 1 spiro atoms. The fraction of sp³-hybridized carbons (Fsp3) is 0.636. The van der Waals surface area contributed by atoms with E-state index < -0.39 is 0 Å². The summed E-state index contributed by atoms with van der Waals surface area (Å²) >= 11 is 0. The predicted molar refractivity (Wildman–Crippen MR) is 98.7 cm³/mol. The topological polar surface area (TPSA) is 30.9 Å². The second-order valence-electron chi connectivity index (χ2n) is 8.78. The minimum absolute atomic E-state index is 0.0159. The zero-order valence-corrected chi connectivity index (χ0v) is 15.7. The number of hydrogen-bond donors (Lipinski definition) is 0. The first-order valence-corrected chi connectivity index (χ1v) is 10.1. The second-order valence-corrected chi connectivity index (χ2v) is 8.78. The molecule has 0 radical (unpaired) electrons. The molecule has 0 aromatic heterocycles. The molecular formula is C22H27NO3. The maximum absolute atomic E-state index is 6.60. The largest absolute Gasteiger partial charge is 0.497 e. The molecular weight excluding hydrogens is 326 g/mol. The van der Waals surface area contributed by atoms with Gasteiger partial charge in [0.15, 0.2) is 17.6 Å². The number of nitrogens with zero attached hydrogens (tertiary/aromatic N) is 1. The molecule has 4 atom stereocenters. The third-order valence-corrected chi connectivity index (χ3v) is 7.69. The number of hydrogen-bond acceptors (Lipinski definition) is 4. The Hall–Kier alpha value is -1.68. The zero-order chi connectivity index (χ0) is 17.5. The molecule has 0 N–H and O–H groups in total. The van der Waals surface area contributed by atoms with Crippen molar-refractivity contribution in [3.63, 3.8) is 0 Å². The third kappa shape index (κ3) is 1.79. The van der Waals surface area contributed by atoms with Crippen LogP contribution in [0, 0.1) is 11.8 Å². The molecule has 0 amide bonds. The Kier molecular flexibility index (Phi) is 3.07. The van der Waals surface area contributed by atoms with Crippen molar-refractivity contribution in [2.24, 2.45) is 11.8 Å². The van der Waals surface area contributed by atoms with E-state index in [1.165, 1.54) is 43.5 Å². The van der Waals surface area contributed by atoms with Gasteiger partial charge in [-0.3, -0.25) is 4.90 Å². The van der Waals surface area contributed by atoms with Crippen LogP contribution in [0.2, 0.25) is 0 Å². The smallest absolute Gasteiger partial charge is 0.166 e. The van der Waals surface area contributed by atoms with Crippen molar-refractivity contribution in [2.75, 3.05) is 27.3 Å². The Balaban J connectivity index is 1.53. The van der Waals surface area contributed by atoms with E-state index in [4.69, 9.17) is 14.2 Å². The average molecular weight is 353 g/mol. The molecule has 6 rings (SSSR count). The van der Waals surface area contributed by atoms with Crippen molar-refractivity contribution < 1.29 is 14.2 Å². The van der Waals surface area contributed by atoms with Gasteiger partial charge in [-0.2, -0.15) is 0 Å². The van der Waals surface area contributed by atoms with Crippen molar-refractivity contribution in [3.05, 3.63) is 35.1 Å². The highest BCUT2D eigenvalue weighted by atomic mass is 16.6. The molecule has 2 heterocycles. The van der Waals surface area contributed by atoms with Gasteiger partial charge in [0, 0.05) is 23.6 Å². The van der Waals surface area contributed by atoms with Gasteiger partial charge in [-0.25, -0.2) is 0 Å². The van der Waals surface area contributed by atoms with Crippen LogP contribution in [0.1, 0.15) is 36.8 Å². The third-order valence-electron chi connectivity index (χ3n) is 7.69. The summed E-state index contributed by atoms with van der Waals surface area (Å²) in [5.41, 5.74) is 2.99. The molecule has 2 bridgehead atoms. The monoisotopic (exact) mass is 353 g/mol. The highest BCUT2D eigenvalue weighted by molar-refractivity contribution is 5.62. The number of benzene rings is 1. The molecule has 26 heavy (non-hydrogen) atoms. The van der Waals surface area contributed by atoms with E-state index in [0.717, 1.165) is 36.0 Å². The van der Waals surface area contributed by atoms with Gasteiger partial charge in [0.05, 0.1) is 14.2 Å². The molecule has 1 saturated heterocycles. The van der Waals surface area contributed by atoms with E-state index in [2.05, 4.69) is 23.1 Å². The molecule has 2 unspecified atom stereocenters. The fourth-order valence-electron chi connectivity index (χ4n) is 6.41. The summed E-state index contributed by atoms with van der Waals surface area (Å²) < 4.78 is 18.1. The molecule has 2 fully saturated rings. The van der Waals surface area contributed by atoms with Gasteiger partial charge in [0.1, 0.15) is 5.76 Å². The molecule has 4 heteroatoms. The molecule has 3 aliphatic carbocycles. The van der Waals surface area contributed by atoms with Crippen LogP contribution < -0.4 is 9.47 Å². The van der Waals surface area contributed by atoms with Crippen LogP contribution in [0.5, 0.6) is 11.5 Å². The Morgan fingerprint density at radius 3 is 2.88 bits per heavy atom. The Morgan fingerprint density at radius 2 is 2.12 bits per heavy atom. The highest BCUT2D eigenvalue weighted by Gasteiger charge is 2.65. The molecule has 4 nitrogen and oxygen atoms in total. The molecule has 1 aromatic carbocycles. The van der Waals surface area contributed by atoms with Crippen LogP contribution >= 0.6 is 0 Å². The van der Waals surface area contributed by atoms with E-state index in [-0.39, 0.29) is 11.5 Å². The first-order chi connectivity index (χ1) is 12.8. The van der Waals surface area contributed by atoms with E-state index >= 15 is 0 Å². The van der Waals surface area contributed by atoms with Gasteiger partial charge in [-0.15, -0.1) is 0 Å². The normalized spacial score (nSPS) is 36.8. The van der Waals surface area contributed by atoms with Gasteiger partial charge in [0.25, 0.3) is 0 Å².